The lowest BCUT2D eigenvalue weighted by molar-refractivity contribution is -0.110. The molecule has 2 N–H and O–H groups in total. The van der Waals surface area contributed by atoms with Gasteiger partial charge in [-0.2, -0.15) is 0 Å². The summed E-state index contributed by atoms with van der Waals surface area (Å²) < 4.78 is 0. The lowest BCUT2D eigenvalue weighted by atomic mass is 9.63. The molecule has 2 aromatic carbocycles. The van der Waals surface area contributed by atoms with Crippen LogP contribution in [-0.2, 0) is 20.5 Å². The maximum absolute atomic E-state index is 13.3. The first-order valence-corrected chi connectivity index (χ1v) is 12.6. The predicted octanol–water partition coefficient (Wildman–Crippen LogP) is 6.67. The lowest BCUT2D eigenvalue weighted by Gasteiger charge is -2.42. The number of hydrogen-bond donors (Lipinski definition) is 2. The highest BCUT2D eigenvalue weighted by atomic mass is 16.6. The summed E-state index contributed by atoms with van der Waals surface area (Å²) in [6, 6.07) is 12.2. The Labute approximate surface area is 208 Å². The molecule has 35 heavy (non-hydrogen) atoms. The Morgan fingerprint density at radius 1 is 0.914 bits per heavy atom. The summed E-state index contributed by atoms with van der Waals surface area (Å²) in [6.07, 6.45) is 6.40. The van der Waals surface area contributed by atoms with Gasteiger partial charge in [-0.1, -0.05) is 64.7 Å². The monoisotopic (exact) mass is 478 g/mol. The molecule has 0 saturated carbocycles. The van der Waals surface area contributed by atoms with E-state index >= 15 is 0 Å². The van der Waals surface area contributed by atoms with E-state index in [1.54, 1.807) is 12.1 Å². The van der Waals surface area contributed by atoms with E-state index in [9.17, 15) is 9.59 Å². The van der Waals surface area contributed by atoms with Crippen LogP contribution in [0.25, 0.3) is 0 Å². The number of carboxylic acids is 1. The third-order valence-corrected chi connectivity index (χ3v) is 6.98. The Kier molecular flexibility index (Phi) is 8.36. The van der Waals surface area contributed by atoms with Crippen molar-refractivity contribution in [3.8, 4) is 0 Å². The number of anilines is 1. The summed E-state index contributed by atoms with van der Waals surface area (Å²) in [5.41, 5.74) is 4.19. The van der Waals surface area contributed by atoms with Crippen molar-refractivity contribution in [1.29, 1.82) is 0 Å². The molecule has 0 spiro atoms. The molecule has 6 heteroatoms. The Balaban J connectivity index is 1.91. The van der Waals surface area contributed by atoms with Crippen LogP contribution in [0.1, 0.15) is 100 Å². The van der Waals surface area contributed by atoms with Crippen LogP contribution in [0.5, 0.6) is 0 Å². The van der Waals surface area contributed by atoms with Crippen molar-refractivity contribution < 1.29 is 19.5 Å². The van der Waals surface area contributed by atoms with Crippen LogP contribution in [-0.4, -0.2) is 29.3 Å². The van der Waals surface area contributed by atoms with Gasteiger partial charge < -0.3 is 15.3 Å². The molecule has 0 saturated heterocycles. The van der Waals surface area contributed by atoms with Crippen molar-refractivity contribution in [3.05, 3.63) is 64.7 Å². The number of oxime groups is 1. The maximum Gasteiger partial charge on any atom is 0.335 e. The third kappa shape index (κ3) is 6.50. The van der Waals surface area contributed by atoms with Gasteiger partial charge in [0.15, 0.2) is 5.71 Å². The number of rotatable bonds is 10. The molecule has 3 rings (SSSR count). The number of unbranched alkanes of at least 4 members (excludes halogenated alkanes) is 3. The van der Waals surface area contributed by atoms with Gasteiger partial charge in [0.2, 0.25) is 0 Å². The van der Waals surface area contributed by atoms with Gasteiger partial charge in [0, 0.05) is 11.3 Å². The summed E-state index contributed by atoms with van der Waals surface area (Å²) in [6.45, 7) is 11.6. The number of hydrogen-bond acceptors (Lipinski definition) is 4. The molecule has 188 valence electrons. The fourth-order valence-corrected chi connectivity index (χ4v) is 4.55. The molecule has 1 aliphatic rings. The van der Waals surface area contributed by atoms with Gasteiger partial charge in [0.25, 0.3) is 5.91 Å². The van der Waals surface area contributed by atoms with Crippen LogP contribution in [0.3, 0.4) is 0 Å². The first-order valence-electron chi connectivity index (χ1n) is 12.6. The molecular formula is C29H38N2O4. The van der Waals surface area contributed by atoms with Gasteiger partial charge in [-0.25, -0.2) is 4.79 Å². The zero-order valence-corrected chi connectivity index (χ0v) is 21.6. The van der Waals surface area contributed by atoms with Crippen molar-refractivity contribution in [1.82, 2.24) is 0 Å². The molecule has 0 bridgehead atoms. The normalized spacial score (nSPS) is 16.3. The zero-order chi connectivity index (χ0) is 25.6. The van der Waals surface area contributed by atoms with E-state index in [0.717, 1.165) is 38.5 Å². The van der Waals surface area contributed by atoms with E-state index in [1.165, 1.54) is 23.3 Å². The molecule has 1 amide bonds. The third-order valence-electron chi connectivity index (χ3n) is 6.98. The summed E-state index contributed by atoms with van der Waals surface area (Å²) in [5, 5.41) is 16.2. The van der Waals surface area contributed by atoms with E-state index in [1.807, 2.05) is 6.07 Å². The van der Waals surface area contributed by atoms with E-state index in [-0.39, 0.29) is 22.1 Å². The number of fused-ring (bicyclic) bond motifs is 1. The highest BCUT2D eigenvalue weighted by molar-refractivity contribution is 6.48. The van der Waals surface area contributed by atoms with Crippen LogP contribution >= 0.6 is 0 Å². The second-order valence-electron chi connectivity index (χ2n) is 10.7. The molecule has 0 radical (unpaired) electrons. The van der Waals surface area contributed by atoms with Gasteiger partial charge in [0.1, 0.15) is 6.61 Å². The second-order valence-corrected chi connectivity index (χ2v) is 10.7. The lowest BCUT2D eigenvalue weighted by Crippen LogP contribution is -2.34. The topological polar surface area (TPSA) is 88.0 Å². The molecule has 0 heterocycles. The van der Waals surface area contributed by atoms with Gasteiger partial charge in [0.05, 0.1) is 5.56 Å². The highest BCUT2D eigenvalue weighted by Gasteiger charge is 2.37. The minimum Gasteiger partial charge on any atom is -0.478 e. The number of carbonyl (C=O) groups excluding carboxylic acids is 1. The Hall–Kier alpha value is -3.15. The van der Waals surface area contributed by atoms with Crippen LogP contribution in [0, 0.1) is 0 Å². The van der Waals surface area contributed by atoms with Crippen molar-refractivity contribution in [3.63, 3.8) is 0 Å². The summed E-state index contributed by atoms with van der Waals surface area (Å²) >= 11 is 0. The van der Waals surface area contributed by atoms with Gasteiger partial charge >= 0.3 is 5.97 Å². The fraction of sp³-hybridized carbons (Fsp3) is 0.483. The maximum atomic E-state index is 13.3. The molecule has 6 nitrogen and oxygen atoms in total. The Morgan fingerprint density at radius 2 is 1.54 bits per heavy atom. The largest absolute Gasteiger partial charge is 0.478 e. The quantitative estimate of drug-likeness (QED) is 0.227. The number of benzene rings is 2. The molecule has 0 atom stereocenters. The fourth-order valence-electron chi connectivity index (χ4n) is 4.55. The average Bonchev–Trinajstić information content (AvgIpc) is 2.82. The molecule has 2 aromatic rings. The molecule has 1 aliphatic carbocycles. The van der Waals surface area contributed by atoms with E-state index in [2.05, 4.69) is 57.2 Å². The Bertz CT molecular complexity index is 1080. The van der Waals surface area contributed by atoms with E-state index in [0.29, 0.717) is 17.9 Å². The van der Waals surface area contributed by atoms with Crippen molar-refractivity contribution in [2.75, 3.05) is 11.9 Å². The second kappa shape index (κ2) is 11.1. The number of nitrogens with one attached hydrogen (secondary N) is 1. The van der Waals surface area contributed by atoms with Crippen LogP contribution in [0.15, 0.2) is 47.6 Å². The molecule has 0 fully saturated rings. The summed E-state index contributed by atoms with van der Waals surface area (Å²) in [5.74, 6) is -1.41. The summed E-state index contributed by atoms with van der Waals surface area (Å²) in [4.78, 5) is 30.0. The minimum atomic E-state index is -1.01. The average molecular weight is 479 g/mol. The van der Waals surface area contributed by atoms with Gasteiger partial charge in [-0.05, 0) is 78.0 Å². The van der Waals surface area contributed by atoms with E-state index in [4.69, 9.17) is 9.94 Å². The number of aromatic carboxylic acids is 1. The first-order chi connectivity index (χ1) is 16.5. The van der Waals surface area contributed by atoms with Crippen LogP contribution < -0.4 is 5.32 Å². The molecule has 0 aromatic heterocycles. The smallest absolute Gasteiger partial charge is 0.335 e. The number of carbonyl (C=O) groups is 2. The SMILES string of the molecule is CCCCCCON=C(C(=O)Nc1ccc(C(=O)O)cc1)c1ccc2c(c1)C(C)(C)CCC2(C)C. The van der Waals surface area contributed by atoms with E-state index < -0.39 is 11.9 Å². The number of nitrogens with zero attached hydrogens (tertiary/aromatic N) is 1. The van der Waals surface area contributed by atoms with Gasteiger partial charge in [-0.15, -0.1) is 0 Å². The highest BCUT2D eigenvalue weighted by Crippen LogP contribution is 2.46. The minimum absolute atomic E-state index is 0.00385. The van der Waals surface area contributed by atoms with Crippen LogP contribution in [0.4, 0.5) is 5.69 Å². The van der Waals surface area contributed by atoms with Crippen molar-refractivity contribution in [2.24, 2.45) is 5.16 Å². The predicted molar refractivity (Wildman–Crippen MR) is 140 cm³/mol. The van der Waals surface area contributed by atoms with Crippen molar-refractivity contribution in [2.45, 2.75) is 84.0 Å². The number of amides is 1. The first kappa shape index (κ1) is 26.5. The summed E-state index contributed by atoms with van der Waals surface area (Å²) in [7, 11) is 0. The number of carboxylic acid groups (broad SMARTS) is 1. The van der Waals surface area contributed by atoms with Crippen molar-refractivity contribution >= 4 is 23.3 Å². The molecular weight excluding hydrogens is 440 g/mol. The standard InChI is InChI=1S/C29H38N2O4/c1-6-7-8-9-18-35-31-25(26(32)30-22-13-10-20(11-14-22)27(33)34)21-12-15-23-24(19-21)29(4,5)17-16-28(23,2)3/h10-15,19H,6-9,16-18H2,1-5H3,(H,30,32)(H,33,34). The van der Waals surface area contributed by atoms with Gasteiger partial charge in [-0.3, -0.25) is 4.79 Å². The molecule has 0 aliphatic heterocycles. The zero-order valence-electron chi connectivity index (χ0n) is 21.6. The Morgan fingerprint density at radius 3 is 2.17 bits per heavy atom. The molecule has 0 unspecified atom stereocenters. The van der Waals surface area contributed by atoms with Crippen LogP contribution in [0.2, 0.25) is 0 Å².